The first-order valence-corrected chi connectivity index (χ1v) is 5.89. The van der Waals surface area contributed by atoms with Crippen LogP contribution in [0, 0.1) is 11.7 Å². The topological polar surface area (TPSA) is 42.8 Å². The predicted molar refractivity (Wildman–Crippen MR) is 69.4 cm³/mol. The van der Waals surface area contributed by atoms with E-state index in [-0.39, 0.29) is 0 Å². The molecule has 4 nitrogen and oxygen atoms in total. The van der Waals surface area contributed by atoms with Crippen LogP contribution in [0.5, 0.6) is 5.75 Å². The quantitative estimate of drug-likeness (QED) is 0.851. The van der Waals surface area contributed by atoms with Gasteiger partial charge < -0.3 is 4.74 Å². The molecule has 1 heterocycles. The molecule has 2 aromatic rings. The van der Waals surface area contributed by atoms with Gasteiger partial charge in [-0.2, -0.15) is 5.10 Å². The predicted octanol–water partition coefficient (Wildman–Crippen LogP) is 2.81. The number of aryl methyl sites for hydroxylation is 2. The smallest absolute Gasteiger partial charge is 0.199 e. The summed E-state index contributed by atoms with van der Waals surface area (Å²) in [7, 11) is 1.66. The van der Waals surface area contributed by atoms with Crippen LogP contribution in [0.25, 0.3) is 5.69 Å². The number of hydrogen-bond donors (Lipinski definition) is 1. The van der Waals surface area contributed by atoms with E-state index in [0.29, 0.717) is 4.77 Å². The van der Waals surface area contributed by atoms with E-state index in [9.17, 15) is 0 Å². The van der Waals surface area contributed by atoms with Gasteiger partial charge in [-0.25, -0.2) is 0 Å². The Kier molecular flexibility index (Phi) is 3.28. The molecule has 0 fully saturated rings. The zero-order valence-electron chi connectivity index (χ0n) is 10.2. The fourth-order valence-corrected chi connectivity index (χ4v) is 2.07. The maximum atomic E-state index is 5.26. The molecule has 1 aromatic heterocycles. The molecule has 0 radical (unpaired) electrons. The molecule has 0 aliphatic carbocycles. The van der Waals surface area contributed by atoms with Crippen LogP contribution in [0.2, 0.25) is 0 Å². The van der Waals surface area contributed by atoms with E-state index in [2.05, 4.69) is 17.1 Å². The van der Waals surface area contributed by atoms with Crippen LogP contribution in [-0.4, -0.2) is 21.9 Å². The van der Waals surface area contributed by atoms with Crippen LogP contribution < -0.4 is 4.74 Å². The van der Waals surface area contributed by atoms with Crippen molar-refractivity contribution >= 4 is 12.2 Å². The molecule has 0 aliphatic heterocycles. The summed E-state index contributed by atoms with van der Waals surface area (Å²) < 4.78 is 7.78. The van der Waals surface area contributed by atoms with Crippen molar-refractivity contribution in [2.45, 2.75) is 20.3 Å². The maximum Gasteiger partial charge on any atom is 0.199 e. The molecule has 0 saturated carbocycles. The van der Waals surface area contributed by atoms with Crippen molar-refractivity contribution in [3.05, 3.63) is 34.4 Å². The number of nitrogens with zero attached hydrogens (tertiary/aromatic N) is 2. The third-order valence-electron chi connectivity index (χ3n) is 2.70. The zero-order valence-corrected chi connectivity index (χ0v) is 11.0. The summed E-state index contributed by atoms with van der Waals surface area (Å²) in [5.74, 6) is 1.78. The van der Waals surface area contributed by atoms with E-state index < -0.39 is 0 Å². The first-order valence-electron chi connectivity index (χ1n) is 5.48. The Morgan fingerprint density at radius 3 is 2.82 bits per heavy atom. The molecule has 0 bridgehead atoms. The molecule has 0 amide bonds. The molecule has 1 aromatic carbocycles. The van der Waals surface area contributed by atoms with Gasteiger partial charge in [0.05, 0.1) is 12.8 Å². The number of H-pyrrole nitrogens is 1. The Morgan fingerprint density at radius 1 is 1.47 bits per heavy atom. The van der Waals surface area contributed by atoms with Crippen LogP contribution in [0.3, 0.4) is 0 Å². The maximum absolute atomic E-state index is 5.26. The highest BCUT2D eigenvalue weighted by atomic mass is 32.1. The number of ether oxygens (including phenoxy) is 1. The van der Waals surface area contributed by atoms with Crippen molar-refractivity contribution in [1.29, 1.82) is 0 Å². The van der Waals surface area contributed by atoms with E-state index in [1.54, 1.807) is 7.11 Å². The fourth-order valence-electron chi connectivity index (χ4n) is 1.82. The third-order valence-corrected chi connectivity index (χ3v) is 2.98. The number of aromatic amines is 1. The third kappa shape index (κ3) is 2.10. The lowest BCUT2D eigenvalue weighted by molar-refractivity contribution is 0.414. The average molecular weight is 249 g/mol. The number of benzene rings is 1. The van der Waals surface area contributed by atoms with Gasteiger partial charge in [0.1, 0.15) is 11.6 Å². The molecule has 0 atom stereocenters. The molecule has 90 valence electrons. The summed E-state index contributed by atoms with van der Waals surface area (Å²) in [4.78, 5) is 0. The molecular weight excluding hydrogens is 234 g/mol. The highest BCUT2D eigenvalue weighted by Crippen LogP contribution is 2.21. The number of methoxy groups -OCH3 is 1. The summed E-state index contributed by atoms with van der Waals surface area (Å²) in [6, 6.07) is 5.92. The number of aromatic nitrogens is 3. The molecule has 0 aliphatic rings. The van der Waals surface area contributed by atoms with Crippen molar-refractivity contribution in [2.75, 3.05) is 7.11 Å². The Bertz CT molecular complexity index is 586. The molecule has 0 saturated heterocycles. The molecule has 5 heteroatoms. The summed E-state index contributed by atoms with van der Waals surface area (Å²) in [5, 5.41) is 7.04. The van der Waals surface area contributed by atoms with E-state index in [1.165, 1.54) is 0 Å². The van der Waals surface area contributed by atoms with Gasteiger partial charge in [0, 0.05) is 6.42 Å². The lowest BCUT2D eigenvalue weighted by Gasteiger charge is -2.10. The van der Waals surface area contributed by atoms with Crippen LogP contribution in [0.1, 0.15) is 18.3 Å². The second-order valence-corrected chi connectivity index (χ2v) is 4.17. The van der Waals surface area contributed by atoms with Gasteiger partial charge in [0.25, 0.3) is 0 Å². The van der Waals surface area contributed by atoms with Gasteiger partial charge >= 0.3 is 0 Å². The SMILES string of the molecule is CCc1n[nH]c(=S)n1-c1ccc(OC)cc1C. The van der Waals surface area contributed by atoms with Gasteiger partial charge in [-0.15, -0.1) is 0 Å². The first kappa shape index (κ1) is 11.9. The Labute approximate surface area is 105 Å². The highest BCUT2D eigenvalue weighted by molar-refractivity contribution is 7.71. The lowest BCUT2D eigenvalue weighted by Crippen LogP contribution is -2.02. The summed E-state index contributed by atoms with van der Waals surface area (Å²) in [6.07, 6.45) is 0.832. The molecule has 17 heavy (non-hydrogen) atoms. The molecule has 0 spiro atoms. The van der Waals surface area contributed by atoms with Gasteiger partial charge in [0.2, 0.25) is 0 Å². The molecule has 2 rings (SSSR count). The normalized spacial score (nSPS) is 10.5. The summed E-state index contributed by atoms with van der Waals surface area (Å²) in [6.45, 7) is 4.09. The van der Waals surface area contributed by atoms with Crippen LogP contribution in [0.15, 0.2) is 18.2 Å². The molecule has 1 N–H and O–H groups in total. The van der Waals surface area contributed by atoms with Crippen molar-refractivity contribution in [1.82, 2.24) is 14.8 Å². The van der Waals surface area contributed by atoms with Crippen LogP contribution in [-0.2, 0) is 6.42 Å². The minimum absolute atomic E-state index is 0.620. The number of nitrogens with one attached hydrogen (secondary N) is 1. The summed E-state index contributed by atoms with van der Waals surface area (Å²) >= 11 is 5.26. The Morgan fingerprint density at radius 2 is 2.24 bits per heavy atom. The van der Waals surface area contributed by atoms with Crippen molar-refractivity contribution in [2.24, 2.45) is 0 Å². The zero-order chi connectivity index (χ0) is 12.4. The molecule has 0 unspecified atom stereocenters. The van der Waals surface area contributed by atoms with Crippen molar-refractivity contribution in [3.8, 4) is 11.4 Å². The van der Waals surface area contributed by atoms with Crippen LogP contribution in [0.4, 0.5) is 0 Å². The summed E-state index contributed by atoms with van der Waals surface area (Å²) in [5.41, 5.74) is 2.15. The standard InChI is InChI=1S/C12H15N3OS/c1-4-11-13-14-12(17)15(11)10-6-5-9(16-3)7-8(10)2/h5-7H,4H2,1-3H3,(H,14,17). The lowest BCUT2D eigenvalue weighted by atomic mass is 10.2. The minimum Gasteiger partial charge on any atom is -0.497 e. The van der Waals surface area contributed by atoms with Gasteiger partial charge in [-0.1, -0.05) is 6.92 Å². The number of hydrogen-bond acceptors (Lipinski definition) is 3. The molecular formula is C12H15N3OS. The van der Waals surface area contributed by atoms with Crippen molar-refractivity contribution in [3.63, 3.8) is 0 Å². The Hall–Kier alpha value is -1.62. The van der Waals surface area contributed by atoms with E-state index in [4.69, 9.17) is 17.0 Å². The van der Waals surface area contributed by atoms with Gasteiger partial charge in [-0.05, 0) is 42.9 Å². The van der Waals surface area contributed by atoms with Crippen LogP contribution >= 0.6 is 12.2 Å². The fraction of sp³-hybridized carbons (Fsp3) is 0.333. The average Bonchev–Trinajstić information content (AvgIpc) is 2.70. The van der Waals surface area contributed by atoms with E-state index in [0.717, 1.165) is 29.2 Å². The van der Waals surface area contributed by atoms with Gasteiger partial charge in [-0.3, -0.25) is 9.67 Å². The van der Waals surface area contributed by atoms with Crippen molar-refractivity contribution < 1.29 is 4.74 Å². The van der Waals surface area contributed by atoms with Gasteiger partial charge in [0.15, 0.2) is 4.77 Å². The number of rotatable bonds is 3. The second kappa shape index (κ2) is 4.71. The van der Waals surface area contributed by atoms with E-state index >= 15 is 0 Å². The monoisotopic (exact) mass is 249 g/mol. The second-order valence-electron chi connectivity index (χ2n) is 3.79. The minimum atomic E-state index is 0.620. The largest absolute Gasteiger partial charge is 0.497 e. The first-order chi connectivity index (χ1) is 8.17. The Balaban J connectivity index is 2.60. The van der Waals surface area contributed by atoms with E-state index in [1.807, 2.05) is 29.7 Å². The highest BCUT2D eigenvalue weighted by Gasteiger charge is 2.09.